The number of carbonyl (C=O) groups is 1. The topological polar surface area (TPSA) is 98.7 Å². The Kier molecular flexibility index (Phi) is 7.05. The molecule has 9 nitrogen and oxygen atoms in total. The summed E-state index contributed by atoms with van der Waals surface area (Å²) in [5.74, 6) is 0.120. The van der Waals surface area contributed by atoms with Gasteiger partial charge in [0.2, 0.25) is 11.0 Å². The van der Waals surface area contributed by atoms with Crippen molar-refractivity contribution >= 4 is 55.6 Å². The standard InChI is InChI=1S/C24H27ClN6O3S2.H2/c1-17-14-29(20-5-7-21(8-6-20)36(33,34)28-24-26-16-27-35-24)11-12-31(17)23(32)15-30-10-2-3-18-13-19(25)4-9-22(18)30;/h4-9,13,16-17H,2-3,10-12,14-15H2,1H3,(H,26,27,28);1H/t17-;/m1./s1. The van der Waals surface area contributed by atoms with Crippen molar-refractivity contribution in [3.05, 3.63) is 59.4 Å². The van der Waals surface area contributed by atoms with Gasteiger partial charge in [-0.15, -0.1) is 0 Å². The number of nitrogens with zero attached hydrogens (tertiary/aromatic N) is 5. The smallest absolute Gasteiger partial charge is 0.263 e. The van der Waals surface area contributed by atoms with Crippen LogP contribution in [0, 0.1) is 0 Å². The van der Waals surface area contributed by atoms with Gasteiger partial charge in [-0.3, -0.25) is 9.52 Å². The first kappa shape index (κ1) is 24.8. The number of hydrogen-bond acceptors (Lipinski definition) is 8. The third kappa shape index (κ3) is 5.28. The molecule has 0 unspecified atom stereocenters. The van der Waals surface area contributed by atoms with Crippen molar-refractivity contribution in [1.29, 1.82) is 0 Å². The molecule has 192 valence electrons. The van der Waals surface area contributed by atoms with Gasteiger partial charge >= 0.3 is 0 Å². The number of carbonyl (C=O) groups excluding carboxylic acids is 1. The lowest BCUT2D eigenvalue weighted by molar-refractivity contribution is -0.132. The van der Waals surface area contributed by atoms with E-state index in [9.17, 15) is 13.2 Å². The number of anilines is 3. The van der Waals surface area contributed by atoms with Gasteiger partial charge in [-0.05, 0) is 67.8 Å². The number of halogens is 1. The number of fused-ring (bicyclic) bond motifs is 1. The molecule has 1 fully saturated rings. The third-order valence-corrected chi connectivity index (χ3v) is 8.92. The van der Waals surface area contributed by atoms with E-state index in [1.54, 1.807) is 24.3 Å². The molecule has 0 spiro atoms. The molecule has 1 aromatic heterocycles. The fraction of sp³-hybridized carbons (Fsp3) is 0.375. The summed E-state index contributed by atoms with van der Waals surface area (Å²) in [6, 6.07) is 12.7. The number of aromatic nitrogens is 2. The lowest BCUT2D eigenvalue weighted by Crippen LogP contribution is -2.56. The van der Waals surface area contributed by atoms with Gasteiger partial charge in [0.05, 0.1) is 11.4 Å². The number of benzene rings is 2. The summed E-state index contributed by atoms with van der Waals surface area (Å²) >= 11 is 7.14. The average Bonchev–Trinajstić information content (AvgIpc) is 3.36. The predicted octanol–water partition coefficient (Wildman–Crippen LogP) is 3.73. The van der Waals surface area contributed by atoms with Gasteiger partial charge in [0.1, 0.15) is 6.33 Å². The third-order valence-electron chi connectivity index (χ3n) is 6.63. The van der Waals surface area contributed by atoms with Crippen LogP contribution in [-0.4, -0.2) is 67.3 Å². The Hall–Kier alpha value is -2.89. The van der Waals surface area contributed by atoms with Crippen molar-refractivity contribution in [2.24, 2.45) is 0 Å². The van der Waals surface area contributed by atoms with Crippen molar-refractivity contribution in [2.45, 2.75) is 30.7 Å². The molecule has 5 rings (SSSR count). The molecule has 1 amide bonds. The second-order valence-corrected chi connectivity index (χ2v) is 11.9. The predicted molar refractivity (Wildman–Crippen MR) is 145 cm³/mol. The zero-order valence-corrected chi connectivity index (χ0v) is 22.2. The summed E-state index contributed by atoms with van der Waals surface area (Å²) in [4.78, 5) is 23.6. The van der Waals surface area contributed by atoms with E-state index in [-0.39, 0.29) is 23.4 Å². The molecule has 0 aliphatic carbocycles. The van der Waals surface area contributed by atoms with E-state index in [1.807, 2.05) is 23.1 Å². The molecule has 2 aliphatic rings. The Morgan fingerprint density at radius 3 is 2.72 bits per heavy atom. The number of aryl methyl sites for hydroxylation is 1. The molecular formula is C24H29ClN6O3S2. The Balaban J connectivity index is 0.00000320. The van der Waals surface area contributed by atoms with E-state index in [4.69, 9.17) is 11.6 Å². The summed E-state index contributed by atoms with van der Waals surface area (Å²) in [5.41, 5.74) is 3.22. The first-order chi connectivity index (χ1) is 17.3. The number of rotatable bonds is 6. The number of sulfonamides is 1. The highest BCUT2D eigenvalue weighted by molar-refractivity contribution is 7.93. The van der Waals surface area contributed by atoms with Gasteiger partial charge in [-0.2, -0.15) is 4.37 Å². The van der Waals surface area contributed by atoms with Crippen molar-refractivity contribution in [2.75, 3.05) is 47.2 Å². The van der Waals surface area contributed by atoms with E-state index in [0.717, 1.165) is 47.3 Å². The van der Waals surface area contributed by atoms with Crippen LogP contribution in [-0.2, 0) is 21.2 Å². The molecule has 3 aromatic rings. The molecule has 2 aromatic carbocycles. The quantitative estimate of drug-likeness (QED) is 0.501. The fourth-order valence-corrected chi connectivity index (χ4v) is 6.71. The Bertz CT molecular complexity index is 1340. The molecule has 1 N–H and O–H groups in total. The van der Waals surface area contributed by atoms with E-state index in [2.05, 4.69) is 30.8 Å². The largest absolute Gasteiger partial charge is 0.368 e. The number of amides is 1. The van der Waals surface area contributed by atoms with Gasteiger partial charge in [-0.1, -0.05) is 11.6 Å². The summed E-state index contributed by atoms with van der Waals surface area (Å²) in [5, 5.41) is 0.955. The van der Waals surface area contributed by atoms with Crippen molar-refractivity contribution in [3.8, 4) is 0 Å². The molecule has 1 atom stereocenters. The van der Waals surface area contributed by atoms with Crippen molar-refractivity contribution in [1.82, 2.24) is 14.3 Å². The van der Waals surface area contributed by atoms with Crippen LogP contribution >= 0.6 is 23.1 Å². The zero-order chi connectivity index (χ0) is 25.3. The second-order valence-electron chi connectivity index (χ2n) is 9.03. The van der Waals surface area contributed by atoms with Crippen LogP contribution < -0.4 is 14.5 Å². The van der Waals surface area contributed by atoms with Crippen LogP contribution in [0.5, 0.6) is 0 Å². The molecule has 3 heterocycles. The molecule has 1 saturated heterocycles. The summed E-state index contributed by atoms with van der Waals surface area (Å²) < 4.78 is 31.4. The Morgan fingerprint density at radius 2 is 2.00 bits per heavy atom. The van der Waals surface area contributed by atoms with E-state index in [1.165, 1.54) is 11.9 Å². The second kappa shape index (κ2) is 10.2. The summed E-state index contributed by atoms with van der Waals surface area (Å²) in [6.45, 7) is 5.23. The zero-order valence-electron chi connectivity index (χ0n) is 19.8. The van der Waals surface area contributed by atoms with Crippen LogP contribution in [0.25, 0.3) is 0 Å². The highest BCUT2D eigenvalue weighted by atomic mass is 35.5. The first-order valence-corrected chi connectivity index (χ1v) is 14.4. The average molecular weight is 549 g/mol. The van der Waals surface area contributed by atoms with Gasteiger partial charge in [0, 0.05) is 61.6 Å². The van der Waals surface area contributed by atoms with Gasteiger partial charge in [-0.25, -0.2) is 13.4 Å². The van der Waals surface area contributed by atoms with Gasteiger partial charge in [0.15, 0.2) is 0 Å². The van der Waals surface area contributed by atoms with Crippen LogP contribution in [0.15, 0.2) is 53.7 Å². The minimum atomic E-state index is -3.72. The van der Waals surface area contributed by atoms with Crippen LogP contribution in [0.3, 0.4) is 0 Å². The fourth-order valence-electron chi connectivity index (χ4n) is 4.85. The van der Waals surface area contributed by atoms with E-state index >= 15 is 0 Å². The van der Waals surface area contributed by atoms with Crippen molar-refractivity contribution < 1.29 is 14.6 Å². The molecule has 0 saturated carbocycles. The van der Waals surface area contributed by atoms with Gasteiger partial charge in [0.25, 0.3) is 10.0 Å². The highest BCUT2D eigenvalue weighted by Crippen LogP contribution is 2.30. The molecule has 12 heteroatoms. The molecule has 2 aliphatic heterocycles. The lowest BCUT2D eigenvalue weighted by Gasteiger charge is -2.42. The maximum Gasteiger partial charge on any atom is 0.263 e. The summed E-state index contributed by atoms with van der Waals surface area (Å²) in [6.07, 6.45) is 3.29. The number of hydrogen-bond donors (Lipinski definition) is 1. The van der Waals surface area contributed by atoms with Crippen LogP contribution in [0.2, 0.25) is 5.02 Å². The SMILES string of the molecule is C[C@@H]1CN(c2ccc(S(=O)(=O)Nc3ncns3)cc2)CCN1C(=O)CN1CCCc2cc(Cl)ccc21.[HH]. The molecule has 0 radical (unpaired) electrons. The number of piperazine rings is 1. The maximum absolute atomic E-state index is 13.2. The van der Waals surface area contributed by atoms with E-state index < -0.39 is 10.0 Å². The number of nitrogens with one attached hydrogen (secondary N) is 1. The van der Waals surface area contributed by atoms with Crippen molar-refractivity contribution in [3.63, 3.8) is 0 Å². The molecular weight excluding hydrogens is 520 g/mol. The molecule has 36 heavy (non-hydrogen) atoms. The van der Waals surface area contributed by atoms with Gasteiger partial charge < -0.3 is 14.7 Å². The first-order valence-electron chi connectivity index (χ1n) is 11.8. The monoisotopic (exact) mass is 548 g/mol. The highest BCUT2D eigenvalue weighted by Gasteiger charge is 2.30. The van der Waals surface area contributed by atoms with Crippen LogP contribution in [0.4, 0.5) is 16.5 Å². The molecule has 0 bridgehead atoms. The normalized spacial score (nSPS) is 18.2. The van der Waals surface area contributed by atoms with E-state index in [0.29, 0.717) is 26.2 Å². The Labute approximate surface area is 221 Å². The van der Waals surface area contributed by atoms with Crippen LogP contribution in [0.1, 0.15) is 20.3 Å². The lowest BCUT2D eigenvalue weighted by atomic mass is 10.0. The summed E-state index contributed by atoms with van der Waals surface area (Å²) in [7, 11) is -3.72. The Morgan fingerprint density at radius 1 is 1.19 bits per heavy atom. The minimum Gasteiger partial charge on any atom is -0.368 e. The maximum atomic E-state index is 13.2. The minimum absolute atomic E-state index is 0.